The van der Waals surface area contributed by atoms with Crippen LogP contribution < -0.4 is 4.74 Å². The van der Waals surface area contributed by atoms with Crippen molar-refractivity contribution in [2.45, 2.75) is 58.0 Å². The minimum Gasteiger partial charge on any atom is -0.490 e. The zero-order chi connectivity index (χ0) is 21.3. The Morgan fingerprint density at radius 1 is 1.20 bits per heavy atom. The van der Waals surface area contributed by atoms with Crippen LogP contribution in [0.3, 0.4) is 0 Å². The third-order valence-electron chi connectivity index (χ3n) is 5.31. The van der Waals surface area contributed by atoms with Gasteiger partial charge in [-0.3, -0.25) is 4.90 Å². The number of hydrogen-bond donors (Lipinski definition) is 0. The Hall–Kier alpha value is -2.55. The van der Waals surface area contributed by atoms with E-state index in [1.807, 2.05) is 19.9 Å². The average molecular weight is 422 g/mol. The monoisotopic (exact) mass is 422 g/mol. The zero-order valence-corrected chi connectivity index (χ0v) is 17.0. The van der Waals surface area contributed by atoms with Crippen molar-refractivity contribution < 1.29 is 22.4 Å². The lowest BCUT2D eigenvalue weighted by Gasteiger charge is -2.31. The first-order valence-corrected chi connectivity index (χ1v) is 10.1. The topological polar surface area (TPSA) is 56.3 Å². The minimum absolute atomic E-state index is 0.0201. The lowest BCUT2D eigenvalue weighted by molar-refractivity contribution is -0.139. The molecule has 0 bridgehead atoms. The number of rotatable bonds is 6. The lowest BCUT2D eigenvalue weighted by atomic mass is 10.1. The molecule has 0 aliphatic carbocycles. The smallest absolute Gasteiger partial charge is 0.406 e. The van der Waals surface area contributed by atoms with Crippen molar-refractivity contribution in [1.82, 2.24) is 19.6 Å². The molecule has 2 aromatic heterocycles. The summed E-state index contributed by atoms with van der Waals surface area (Å²) in [4.78, 5) is 6.67. The van der Waals surface area contributed by atoms with Crippen LogP contribution in [0.5, 0.6) is 5.75 Å². The van der Waals surface area contributed by atoms with Gasteiger partial charge in [0, 0.05) is 30.6 Å². The van der Waals surface area contributed by atoms with Gasteiger partial charge in [-0.1, -0.05) is 25.1 Å². The van der Waals surface area contributed by atoms with Crippen LogP contribution in [0, 0.1) is 0 Å². The Morgan fingerprint density at radius 3 is 2.63 bits per heavy atom. The van der Waals surface area contributed by atoms with Crippen molar-refractivity contribution in [2.24, 2.45) is 0 Å². The van der Waals surface area contributed by atoms with Crippen molar-refractivity contribution in [1.29, 1.82) is 0 Å². The third-order valence-corrected chi connectivity index (χ3v) is 5.31. The van der Waals surface area contributed by atoms with Gasteiger partial charge in [-0.15, -0.1) is 0 Å². The molecule has 9 heteroatoms. The zero-order valence-electron chi connectivity index (χ0n) is 17.0. The van der Waals surface area contributed by atoms with Crippen molar-refractivity contribution in [3.63, 3.8) is 0 Å². The molecule has 0 amide bonds. The summed E-state index contributed by atoms with van der Waals surface area (Å²) in [6.45, 7) is 5.31. The summed E-state index contributed by atoms with van der Waals surface area (Å²) in [6.07, 6.45) is -1.13. The molecule has 0 spiro atoms. The van der Waals surface area contributed by atoms with Crippen LogP contribution in [0.25, 0.3) is 10.9 Å². The van der Waals surface area contributed by atoms with Gasteiger partial charge in [0.05, 0.1) is 12.1 Å². The van der Waals surface area contributed by atoms with Crippen LogP contribution in [-0.2, 0) is 13.1 Å². The Morgan fingerprint density at radius 2 is 1.97 bits per heavy atom. The molecular weight excluding hydrogens is 397 g/mol. The molecule has 30 heavy (non-hydrogen) atoms. The molecule has 3 heterocycles. The number of ether oxygens (including phenoxy) is 1. The summed E-state index contributed by atoms with van der Waals surface area (Å²) in [7, 11) is 0. The Kier molecular flexibility index (Phi) is 5.73. The van der Waals surface area contributed by atoms with Gasteiger partial charge < -0.3 is 13.8 Å². The van der Waals surface area contributed by atoms with Crippen LogP contribution in [-0.4, -0.2) is 45.0 Å². The molecular formula is C21H25F3N4O2. The lowest BCUT2D eigenvalue weighted by Crippen LogP contribution is -2.37. The Bertz CT molecular complexity index is 988. The summed E-state index contributed by atoms with van der Waals surface area (Å²) in [6, 6.07) is 6.93. The van der Waals surface area contributed by atoms with E-state index in [4.69, 9.17) is 9.26 Å². The molecule has 4 rings (SSSR count). The number of halogens is 3. The summed E-state index contributed by atoms with van der Waals surface area (Å²) >= 11 is 0. The fraction of sp³-hybridized carbons (Fsp3) is 0.524. The number of benzene rings is 1. The van der Waals surface area contributed by atoms with Crippen LogP contribution >= 0.6 is 0 Å². The molecule has 1 saturated heterocycles. The molecule has 0 atom stereocenters. The van der Waals surface area contributed by atoms with E-state index >= 15 is 0 Å². The second-order valence-corrected chi connectivity index (χ2v) is 8.04. The van der Waals surface area contributed by atoms with Crippen LogP contribution in [0.4, 0.5) is 13.2 Å². The van der Waals surface area contributed by atoms with Gasteiger partial charge in [0.1, 0.15) is 18.4 Å². The molecule has 3 aromatic rings. The maximum absolute atomic E-state index is 12.8. The van der Waals surface area contributed by atoms with Crippen LogP contribution in [0.15, 0.2) is 35.0 Å². The second-order valence-electron chi connectivity index (χ2n) is 8.04. The predicted molar refractivity (Wildman–Crippen MR) is 105 cm³/mol. The van der Waals surface area contributed by atoms with E-state index in [9.17, 15) is 13.2 Å². The second kappa shape index (κ2) is 8.29. The molecule has 1 aromatic carbocycles. The SMILES string of the molecule is CC(C)c1noc(CN2CCC(Oc3cccc4c3ccn4CC(F)(F)F)CC2)n1. The Balaban J connectivity index is 1.36. The first kappa shape index (κ1) is 20.7. The van der Waals surface area contributed by atoms with E-state index in [1.54, 1.807) is 18.2 Å². The predicted octanol–water partition coefficient (Wildman–Crippen LogP) is 4.75. The number of fused-ring (bicyclic) bond motifs is 1. The van der Waals surface area contributed by atoms with E-state index in [0.717, 1.165) is 25.9 Å². The Labute approximate surface area is 172 Å². The minimum atomic E-state index is -4.26. The summed E-state index contributed by atoms with van der Waals surface area (Å²) in [5.41, 5.74) is 0.527. The highest BCUT2D eigenvalue weighted by Gasteiger charge is 2.29. The molecule has 0 radical (unpaired) electrons. The maximum Gasteiger partial charge on any atom is 0.406 e. The summed E-state index contributed by atoms with van der Waals surface area (Å²) < 4.78 is 51.0. The highest BCUT2D eigenvalue weighted by atomic mass is 19.4. The van der Waals surface area contributed by atoms with Crippen molar-refractivity contribution in [3.8, 4) is 5.75 Å². The number of aromatic nitrogens is 3. The van der Waals surface area contributed by atoms with Gasteiger partial charge in [0.2, 0.25) is 5.89 Å². The standard InChI is InChI=1S/C21H25F3N4O2/c1-14(2)20-25-19(30-26-20)12-27-9-6-15(7-10-27)29-18-5-3-4-17-16(18)8-11-28(17)13-21(22,23)24/h3-5,8,11,14-15H,6-7,9-10,12-13H2,1-2H3. The van der Waals surface area contributed by atoms with Crippen molar-refractivity contribution in [3.05, 3.63) is 42.2 Å². The number of likely N-dealkylation sites (tertiary alicyclic amines) is 1. The van der Waals surface area contributed by atoms with E-state index in [-0.39, 0.29) is 12.0 Å². The first-order chi connectivity index (χ1) is 14.3. The molecule has 162 valence electrons. The number of hydrogen-bond acceptors (Lipinski definition) is 5. The van der Waals surface area contributed by atoms with E-state index in [0.29, 0.717) is 34.9 Å². The number of piperidine rings is 1. The van der Waals surface area contributed by atoms with Crippen LogP contribution in [0.2, 0.25) is 0 Å². The highest BCUT2D eigenvalue weighted by Crippen LogP contribution is 2.31. The molecule has 1 aliphatic rings. The van der Waals surface area contributed by atoms with E-state index in [1.165, 1.54) is 10.8 Å². The van der Waals surface area contributed by atoms with Gasteiger partial charge in [0.25, 0.3) is 0 Å². The summed E-state index contributed by atoms with van der Waals surface area (Å²) in [5.74, 6) is 2.20. The van der Waals surface area contributed by atoms with E-state index < -0.39 is 12.7 Å². The molecule has 0 N–H and O–H groups in total. The maximum atomic E-state index is 12.8. The third kappa shape index (κ3) is 4.77. The number of alkyl halides is 3. The van der Waals surface area contributed by atoms with Crippen LogP contribution in [0.1, 0.15) is 44.3 Å². The van der Waals surface area contributed by atoms with Gasteiger partial charge in [-0.05, 0) is 31.0 Å². The number of nitrogens with zero attached hydrogens (tertiary/aromatic N) is 4. The summed E-state index contributed by atoms with van der Waals surface area (Å²) in [5, 5.41) is 4.70. The van der Waals surface area contributed by atoms with Gasteiger partial charge >= 0.3 is 6.18 Å². The molecule has 0 saturated carbocycles. The largest absolute Gasteiger partial charge is 0.490 e. The quantitative estimate of drug-likeness (QED) is 0.574. The first-order valence-electron chi connectivity index (χ1n) is 10.1. The normalized spacial score (nSPS) is 16.6. The fourth-order valence-corrected chi connectivity index (χ4v) is 3.75. The average Bonchev–Trinajstić information content (AvgIpc) is 3.30. The van der Waals surface area contributed by atoms with Crippen molar-refractivity contribution >= 4 is 10.9 Å². The molecule has 0 unspecified atom stereocenters. The van der Waals surface area contributed by atoms with Crippen molar-refractivity contribution in [2.75, 3.05) is 13.1 Å². The molecule has 1 fully saturated rings. The fourth-order valence-electron chi connectivity index (χ4n) is 3.75. The highest BCUT2D eigenvalue weighted by molar-refractivity contribution is 5.86. The van der Waals surface area contributed by atoms with Gasteiger partial charge in [-0.2, -0.15) is 18.2 Å². The molecule has 1 aliphatic heterocycles. The van der Waals surface area contributed by atoms with E-state index in [2.05, 4.69) is 15.0 Å². The molecule has 6 nitrogen and oxygen atoms in total. The van der Waals surface area contributed by atoms with Gasteiger partial charge in [0.15, 0.2) is 5.82 Å². The van der Waals surface area contributed by atoms with Gasteiger partial charge in [-0.25, -0.2) is 0 Å².